The molecule has 0 radical (unpaired) electrons. The largest absolute Gasteiger partial charge is 0.311 e. The Hall–Kier alpha value is -1.01. The van der Waals surface area contributed by atoms with Crippen LogP contribution in [0.3, 0.4) is 0 Å². The van der Waals surface area contributed by atoms with E-state index in [0.717, 1.165) is 33.9 Å². The van der Waals surface area contributed by atoms with Gasteiger partial charge in [-0.15, -0.1) is 11.3 Å². The molecule has 3 nitrogen and oxygen atoms in total. The Morgan fingerprint density at radius 1 is 1.33 bits per heavy atom. The first-order valence-corrected chi connectivity index (χ1v) is 9.04. The number of thiazole rings is 1. The Kier molecular flexibility index (Phi) is 4.85. The molecule has 0 unspecified atom stereocenters. The molecule has 6 heteroatoms. The zero-order chi connectivity index (χ0) is 14.7. The number of benzene rings is 1. The minimum atomic E-state index is 0.777. The second-order valence-electron chi connectivity index (χ2n) is 4.61. The van der Waals surface area contributed by atoms with E-state index in [9.17, 15) is 0 Å². The summed E-state index contributed by atoms with van der Waals surface area (Å²) in [7, 11) is 0. The lowest BCUT2D eigenvalue weighted by Gasteiger charge is -2.05. The van der Waals surface area contributed by atoms with Gasteiger partial charge in [-0.25, -0.2) is 4.98 Å². The second-order valence-corrected chi connectivity index (χ2v) is 6.89. The molecule has 3 aromatic rings. The number of imidazole rings is 1. The van der Waals surface area contributed by atoms with E-state index < -0.39 is 0 Å². The molecule has 0 aliphatic rings. The third-order valence-electron chi connectivity index (χ3n) is 3.16. The van der Waals surface area contributed by atoms with E-state index in [2.05, 4.69) is 40.4 Å². The van der Waals surface area contributed by atoms with Gasteiger partial charge in [-0.2, -0.15) is 0 Å². The van der Waals surface area contributed by atoms with Crippen molar-refractivity contribution in [3.63, 3.8) is 0 Å². The summed E-state index contributed by atoms with van der Waals surface area (Å²) in [6, 6.07) is 8.00. The van der Waals surface area contributed by atoms with Crippen LogP contribution in [0.15, 0.2) is 40.9 Å². The average Bonchev–Trinajstić information content (AvgIpc) is 3.06. The molecular weight excluding hydrogens is 322 g/mol. The molecule has 0 atom stereocenters. The van der Waals surface area contributed by atoms with Crippen LogP contribution >= 0.6 is 34.7 Å². The summed E-state index contributed by atoms with van der Waals surface area (Å²) in [5, 5.41) is 7.35. The molecule has 3 rings (SSSR count). The molecule has 0 amide bonds. The van der Waals surface area contributed by atoms with Crippen molar-refractivity contribution in [2.24, 2.45) is 0 Å². The minimum absolute atomic E-state index is 0.777. The normalized spacial score (nSPS) is 11.3. The van der Waals surface area contributed by atoms with Gasteiger partial charge < -0.3 is 5.32 Å². The van der Waals surface area contributed by atoms with Crippen LogP contribution in [-0.2, 0) is 12.3 Å². The third-order valence-corrected chi connectivity index (χ3v) is 5.24. The Bertz CT molecular complexity index is 718. The van der Waals surface area contributed by atoms with Gasteiger partial charge in [0.25, 0.3) is 0 Å². The molecule has 2 heterocycles. The van der Waals surface area contributed by atoms with Crippen LogP contribution in [0.25, 0.3) is 4.96 Å². The van der Waals surface area contributed by atoms with Gasteiger partial charge in [0, 0.05) is 28.9 Å². The van der Waals surface area contributed by atoms with Crippen LogP contribution in [0, 0.1) is 0 Å². The molecule has 21 heavy (non-hydrogen) atoms. The quantitative estimate of drug-likeness (QED) is 0.674. The van der Waals surface area contributed by atoms with E-state index in [-0.39, 0.29) is 0 Å². The molecule has 0 aliphatic heterocycles. The SMILES string of the molecule is CCNCc1c(SCc2ccc(Cl)cc2)nc2sccn12. The van der Waals surface area contributed by atoms with Crippen LogP contribution < -0.4 is 5.32 Å². The summed E-state index contributed by atoms with van der Waals surface area (Å²) in [6.45, 7) is 3.92. The fraction of sp³-hybridized carbons (Fsp3) is 0.267. The van der Waals surface area contributed by atoms with E-state index in [0.29, 0.717) is 0 Å². The van der Waals surface area contributed by atoms with Crippen molar-refractivity contribution in [2.75, 3.05) is 6.54 Å². The maximum Gasteiger partial charge on any atom is 0.194 e. The predicted octanol–water partition coefficient (Wildman–Crippen LogP) is 4.45. The monoisotopic (exact) mass is 337 g/mol. The lowest BCUT2D eigenvalue weighted by Crippen LogP contribution is -2.13. The summed E-state index contributed by atoms with van der Waals surface area (Å²) in [5.74, 6) is 0.904. The Balaban J connectivity index is 1.79. The number of nitrogens with one attached hydrogen (secondary N) is 1. The Morgan fingerprint density at radius 2 is 2.14 bits per heavy atom. The number of rotatable bonds is 6. The highest BCUT2D eigenvalue weighted by Gasteiger charge is 2.13. The summed E-state index contributed by atoms with van der Waals surface area (Å²) in [5.41, 5.74) is 2.50. The number of nitrogens with zero attached hydrogens (tertiary/aromatic N) is 2. The van der Waals surface area contributed by atoms with Gasteiger partial charge in [0.15, 0.2) is 4.96 Å². The van der Waals surface area contributed by atoms with Crippen molar-refractivity contribution in [2.45, 2.75) is 24.2 Å². The molecule has 0 saturated heterocycles. The van der Waals surface area contributed by atoms with Gasteiger partial charge >= 0.3 is 0 Å². The smallest absolute Gasteiger partial charge is 0.194 e. The molecule has 0 spiro atoms. The topological polar surface area (TPSA) is 29.3 Å². The lowest BCUT2D eigenvalue weighted by atomic mass is 10.2. The van der Waals surface area contributed by atoms with Gasteiger partial charge in [-0.1, -0.05) is 42.4 Å². The van der Waals surface area contributed by atoms with E-state index in [1.165, 1.54) is 11.3 Å². The van der Waals surface area contributed by atoms with Gasteiger partial charge in [0.1, 0.15) is 5.03 Å². The number of hydrogen-bond acceptors (Lipinski definition) is 4. The summed E-state index contributed by atoms with van der Waals surface area (Å²) >= 11 is 9.37. The highest BCUT2D eigenvalue weighted by molar-refractivity contribution is 7.98. The molecule has 110 valence electrons. The number of halogens is 1. The number of aromatic nitrogens is 2. The molecule has 0 aliphatic carbocycles. The van der Waals surface area contributed by atoms with Gasteiger partial charge in [0.05, 0.1) is 5.69 Å². The van der Waals surface area contributed by atoms with E-state index in [1.807, 2.05) is 12.1 Å². The maximum absolute atomic E-state index is 5.92. The Labute approximate surface area is 137 Å². The van der Waals surface area contributed by atoms with Crippen LogP contribution in [0.4, 0.5) is 0 Å². The maximum atomic E-state index is 5.92. The summed E-state index contributed by atoms with van der Waals surface area (Å²) < 4.78 is 2.18. The van der Waals surface area contributed by atoms with Crippen molar-refractivity contribution in [3.8, 4) is 0 Å². The first kappa shape index (κ1) is 14.9. The van der Waals surface area contributed by atoms with Crippen molar-refractivity contribution in [1.29, 1.82) is 0 Å². The number of fused-ring (bicyclic) bond motifs is 1. The van der Waals surface area contributed by atoms with E-state index >= 15 is 0 Å². The molecule has 2 aromatic heterocycles. The molecule has 0 saturated carbocycles. The van der Waals surface area contributed by atoms with Crippen LogP contribution in [0.5, 0.6) is 0 Å². The predicted molar refractivity (Wildman–Crippen MR) is 91.5 cm³/mol. The molecule has 1 N–H and O–H groups in total. The zero-order valence-electron chi connectivity index (χ0n) is 11.7. The second kappa shape index (κ2) is 6.83. The van der Waals surface area contributed by atoms with Crippen molar-refractivity contribution in [3.05, 3.63) is 52.1 Å². The van der Waals surface area contributed by atoms with Crippen LogP contribution in [-0.4, -0.2) is 15.9 Å². The first-order valence-electron chi connectivity index (χ1n) is 6.80. The Morgan fingerprint density at radius 3 is 2.90 bits per heavy atom. The van der Waals surface area contributed by atoms with Crippen LogP contribution in [0.2, 0.25) is 5.02 Å². The molecule has 1 aromatic carbocycles. The van der Waals surface area contributed by atoms with Crippen molar-refractivity contribution >= 4 is 39.7 Å². The third kappa shape index (κ3) is 3.43. The molecular formula is C15H16ClN3S2. The van der Waals surface area contributed by atoms with Gasteiger partial charge in [-0.05, 0) is 24.2 Å². The van der Waals surface area contributed by atoms with E-state index in [4.69, 9.17) is 16.6 Å². The van der Waals surface area contributed by atoms with Gasteiger partial charge in [-0.3, -0.25) is 4.40 Å². The summed E-state index contributed by atoms with van der Waals surface area (Å²) in [6.07, 6.45) is 2.09. The van der Waals surface area contributed by atoms with Gasteiger partial charge in [0.2, 0.25) is 0 Å². The fourth-order valence-electron chi connectivity index (χ4n) is 2.06. The molecule has 0 bridgehead atoms. The standard InChI is InChI=1S/C15H16ClN3S2/c1-2-17-9-13-14(18-15-19(13)7-8-20-15)21-10-11-3-5-12(16)6-4-11/h3-8,17H,2,9-10H2,1H3. The lowest BCUT2D eigenvalue weighted by molar-refractivity contribution is 0.694. The summed E-state index contributed by atoms with van der Waals surface area (Å²) in [4.78, 5) is 5.79. The highest BCUT2D eigenvalue weighted by Crippen LogP contribution is 2.28. The van der Waals surface area contributed by atoms with Crippen LogP contribution in [0.1, 0.15) is 18.2 Å². The number of hydrogen-bond donors (Lipinski definition) is 1. The van der Waals surface area contributed by atoms with Crippen molar-refractivity contribution in [1.82, 2.24) is 14.7 Å². The molecule has 0 fully saturated rings. The van der Waals surface area contributed by atoms with E-state index in [1.54, 1.807) is 23.1 Å². The zero-order valence-corrected chi connectivity index (χ0v) is 14.1. The fourth-order valence-corrected chi connectivity index (χ4v) is 3.97. The average molecular weight is 338 g/mol. The first-order chi connectivity index (χ1) is 10.3. The van der Waals surface area contributed by atoms with Crippen molar-refractivity contribution < 1.29 is 0 Å². The minimum Gasteiger partial charge on any atom is -0.311 e. The number of thioether (sulfide) groups is 1. The highest BCUT2D eigenvalue weighted by atomic mass is 35.5.